The van der Waals surface area contributed by atoms with Crippen LogP contribution < -0.4 is 14.8 Å². The molecule has 3 aromatic carbocycles. The lowest BCUT2D eigenvalue weighted by molar-refractivity contribution is 0.102. The number of nitrogens with one attached hydrogen (secondary N) is 2. The van der Waals surface area contributed by atoms with Gasteiger partial charge >= 0.3 is 0 Å². The number of para-hydroxylation sites is 1. The van der Waals surface area contributed by atoms with Crippen LogP contribution in [-0.4, -0.2) is 25.9 Å². The van der Waals surface area contributed by atoms with Gasteiger partial charge in [-0.3, -0.25) is 14.8 Å². The van der Waals surface area contributed by atoms with E-state index in [9.17, 15) is 13.2 Å². The Morgan fingerprint density at radius 2 is 1.84 bits per heavy atom. The van der Waals surface area contributed by atoms with Gasteiger partial charge in [-0.05, 0) is 61.5 Å². The van der Waals surface area contributed by atoms with Crippen molar-refractivity contribution in [3.63, 3.8) is 0 Å². The van der Waals surface area contributed by atoms with Gasteiger partial charge in [0.05, 0.1) is 16.2 Å². The van der Waals surface area contributed by atoms with Crippen LogP contribution in [0.4, 0.5) is 10.8 Å². The van der Waals surface area contributed by atoms with Gasteiger partial charge in [0.2, 0.25) is 0 Å². The molecule has 0 saturated carbocycles. The van der Waals surface area contributed by atoms with Gasteiger partial charge in [-0.2, -0.15) is 0 Å². The molecule has 0 unspecified atom stereocenters. The number of aromatic nitrogens is 1. The van der Waals surface area contributed by atoms with Gasteiger partial charge in [-0.15, -0.1) is 0 Å². The summed E-state index contributed by atoms with van der Waals surface area (Å²) in [6.45, 7) is 2.40. The molecule has 4 rings (SSSR count). The van der Waals surface area contributed by atoms with E-state index in [-0.39, 0.29) is 16.1 Å². The second kappa shape index (κ2) is 9.15. The van der Waals surface area contributed by atoms with Crippen molar-refractivity contribution in [3.05, 3.63) is 77.3 Å². The number of carbonyl (C=O) groups is 1. The maximum Gasteiger partial charge on any atom is 0.261 e. The highest BCUT2D eigenvalue weighted by Gasteiger charge is 2.16. The summed E-state index contributed by atoms with van der Waals surface area (Å²) in [6, 6.07) is 17.6. The molecule has 0 aliphatic rings. The lowest BCUT2D eigenvalue weighted by Gasteiger charge is -2.09. The number of anilines is 2. The SMILES string of the molecule is CCOc1cccc2sc(NC(=O)c3cccc(NS(=O)(=O)c4ccc(Cl)cc4)c3)nc12. The van der Waals surface area contributed by atoms with E-state index in [1.54, 1.807) is 18.2 Å². The van der Waals surface area contributed by atoms with Crippen molar-refractivity contribution in [1.82, 2.24) is 4.98 Å². The molecule has 1 heterocycles. The molecule has 4 aromatic rings. The van der Waals surface area contributed by atoms with Gasteiger partial charge in [0.1, 0.15) is 11.3 Å². The van der Waals surface area contributed by atoms with Crippen LogP contribution >= 0.6 is 22.9 Å². The molecule has 0 aliphatic heterocycles. The minimum absolute atomic E-state index is 0.0660. The van der Waals surface area contributed by atoms with Crippen LogP contribution in [0.1, 0.15) is 17.3 Å². The molecule has 7 nitrogen and oxygen atoms in total. The summed E-state index contributed by atoms with van der Waals surface area (Å²) in [5.41, 5.74) is 1.22. The molecule has 32 heavy (non-hydrogen) atoms. The summed E-state index contributed by atoms with van der Waals surface area (Å²) >= 11 is 7.15. The minimum Gasteiger partial charge on any atom is -0.492 e. The van der Waals surface area contributed by atoms with Gasteiger partial charge in [-0.1, -0.05) is 35.1 Å². The van der Waals surface area contributed by atoms with Crippen LogP contribution in [0.5, 0.6) is 5.75 Å². The van der Waals surface area contributed by atoms with Gasteiger partial charge in [0.25, 0.3) is 15.9 Å². The second-order valence-electron chi connectivity index (χ2n) is 6.65. The highest BCUT2D eigenvalue weighted by molar-refractivity contribution is 7.92. The number of carbonyl (C=O) groups excluding carboxylic acids is 1. The summed E-state index contributed by atoms with van der Waals surface area (Å²) in [4.78, 5) is 17.3. The molecule has 0 radical (unpaired) electrons. The van der Waals surface area contributed by atoms with E-state index in [2.05, 4.69) is 15.0 Å². The predicted octanol–water partition coefficient (Wildman–Crippen LogP) is 5.40. The standard InChI is InChI=1S/C22H18ClN3O4S2/c1-2-30-18-7-4-8-19-20(18)24-22(31-19)25-21(27)14-5-3-6-16(13-14)26-32(28,29)17-11-9-15(23)10-12-17/h3-13,26H,2H2,1H3,(H,24,25,27). The molecular formula is C22H18ClN3O4S2. The molecule has 1 aromatic heterocycles. The fourth-order valence-electron chi connectivity index (χ4n) is 2.97. The Morgan fingerprint density at radius 3 is 2.59 bits per heavy atom. The highest BCUT2D eigenvalue weighted by Crippen LogP contribution is 2.32. The molecule has 0 bridgehead atoms. The van der Waals surface area contributed by atoms with Gasteiger partial charge in [-0.25, -0.2) is 13.4 Å². The van der Waals surface area contributed by atoms with Crippen LogP contribution in [0.2, 0.25) is 5.02 Å². The number of hydrogen-bond donors (Lipinski definition) is 2. The largest absolute Gasteiger partial charge is 0.492 e. The zero-order chi connectivity index (χ0) is 22.7. The van der Waals surface area contributed by atoms with Crippen molar-refractivity contribution < 1.29 is 17.9 Å². The van der Waals surface area contributed by atoms with E-state index in [1.165, 1.54) is 41.7 Å². The molecule has 0 aliphatic carbocycles. The first-order valence-electron chi connectivity index (χ1n) is 9.58. The molecule has 2 N–H and O–H groups in total. The Balaban J connectivity index is 1.53. The summed E-state index contributed by atoms with van der Waals surface area (Å²) < 4.78 is 34.1. The van der Waals surface area contributed by atoms with Crippen molar-refractivity contribution in [3.8, 4) is 5.75 Å². The first-order valence-corrected chi connectivity index (χ1v) is 12.3. The number of amides is 1. The Hall–Kier alpha value is -3.14. The first-order chi connectivity index (χ1) is 15.4. The first kappa shape index (κ1) is 22.1. The molecule has 0 spiro atoms. The smallest absolute Gasteiger partial charge is 0.261 e. The van der Waals surface area contributed by atoms with E-state index in [1.807, 2.05) is 25.1 Å². The van der Waals surface area contributed by atoms with Crippen molar-refractivity contribution in [2.45, 2.75) is 11.8 Å². The van der Waals surface area contributed by atoms with Gasteiger partial charge in [0, 0.05) is 16.3 Å². The van der Waals surface area contributed by atoms with Crippen LogP contribution in [0.3, 0.4) is 0 Å². The van der Waals surface area contributed by atoms with Crippen molar-refractivity contribution in [2.24, 2.45) is 0 Å². The van der Waals surface area contributed by atoms with Crippen molar-refractivity contribution in [2.75, 3.05) is 16.6 Å². The number of ether oxygens (including phenoxy) is 1. The number of benzene rings is 3. The van der Waals surface area contributed by atoms with Gasteiger partial charge < -0.3 is 4.74 Å². The molecule has 0 saturated heterocycles. The Morgan fingerprint density at radius 1 is 1.09 bits per heavy atom. The van der Waals surface area contributed by atoms with Crippen molar-refractivity contribution in [1.29, 1.82) is 0 Å². The van der Waals surface area contributed by atoms with Crippen LogP contribution in [0.15, 0.2) is 71.6 Å². The maximum absolute atomic E-state index is 12.8. The van der Waals surface area contributed by atoms with E-state index in [0.717, 1.165) is 4.70 Å². The third-order valence-electron chi connectivity index (χ3n) is 4.40. The maximum atomic E-state index is 12.8. The summed E-state index contributed by atoms with van der Waals surface area (Å²) in [5.74, 6) is 0.245. The fraction of sp³-hybridized carbons (Fsp3) is 0.0909. The topological polar surface area (TPSA) is 97.4 Å². The van der Waals surface area contributed by atoms with Crippen molar-refractivity contribution >= 4 is 59.9 Å². The van der Waals surface area contributed by atoms with E-state index in [4.69, 9.17) is 16.3 Å². The predicted molar refractivity (Wildman–Crippen MR) is 127 cm³/mol. The highest BCUT2D eigenvalue weighted by atomic mass is 35.5. The minimum atomic E-state index is -3.82. The number of fused-ring (bicyclic) bond motifs is 1. The Bertz CT molecular complexity index is 1390. The third kappa shape index (κ3) is 4.85. The second-order valence-corrected chi connectivity index (χ2v) is 9.80. The zero-order valence-corrected chi connectivity index (χ0v) is 19.2. The zero-order valence-electron chi connectivity index (χ0n) is 16.8. The summed E-state index contributed by atoms with van der Waals surface area (Å²) in [6.07, 6.45) is 0. The molecule has 164 valence electrons. The lowest BCUT2D eigenvalue weighted by atomic mass is 10.2. The van der Waals surface area contributed by atoms with Crippen LogP contribution in [-0.2, 0) is 10.0 Å². The lowest BCUT2D eigenvalue weighted by Crippen LogP contribution is -2.15. The normalized spacial score (nSPS) is 11.3. The number of rotatable bonds is 7. The number of sulfonamides is 1. The molecule has 10 heteroatoms. The van der Waals surface area contributed by atoms with E-state index < -0.39 is 15.9 Å². The Labute approximate surface area is 194 Å². The number of hydrogen-bond acceptors (Lipinski definition) is 6. The average Bonchev–Trinajstić information content (AvgIpc) is 3.17. The molecular weight excluding hydrogens is 470 g/mol. The average molecular weight is 488 g/mol. The van der Waals surface area contributed by atoms with E-state index >= 15 is 0 Å². The number of halogens is 1. The Kier molecular flexibility index (Phi) is 6.31. The van der Waals surface area contributed by atoms with E-state index in [0.29, 0.717) is 28.0 Å². The number of thiazole rings is 1. The fourth-order valence-corrected chi connectivity index (χ4v) is 5.02. The third-order valence-corrected chi connectivity index (χ3v) is 6.99. The molecule has 0 atom stereocenters. The quantitative estimate of drug-likeness (QED) is 0.363. The summed E-state index contributed by atoms with van der Waals surface area (Å²) in [7, 11) is -3.82. The van der Waals surface area contributed by atoms with Crippen LogP contribution in [0.25, 0.3) is 10.2 Å². The monoisotopic (exact) mass is 487 g/mol. The van der Waals surface area contributed by atoms with Gasteiger partial charge in [0.15, 0.2) is 5.13 Å². The molecule has 0 fully saturated rings. The molecule has 1 amide bonds. The van der Waals surface area contributed by atoms with Crippen LogP contribution in [0, 0.1) is 0 Å². The number of nitrogens with zero attached hydrogens (tertiary/aromatic N) is 1. The summed E-state index contributed by atoms with van der Waals surface area (Å²) in [5, 5.41) is 3.62.